The van der Waals surface area contributed by atoms with Crippen molar-refractivity contribution in [3.63, 3.8) is 0 Å². The number of aromatic nitrogens is 2. The molecule has 0 radical (unpaired) electrons. The first-order chi connectivity index (χ1) is 16.1. The molecular weight excluding hydrogens is 432 g/mol. The molecule has 6 nitrogen and oxygen atoms in total. The number of fused-ring (bicyclic) bond motifs is 1. The molecule has 0 aliphatic carbocycles. The first-order valence-corrected chi connectivity index (χ1v) is 11.8. The Morgan fingerprint density at radius 3 is 2.67 bits per heavy atom. The summed E-state index contributed by atoms with van der Waals surface area (Å²) in [5, 5.41) is 5.03. The molecule has 1 aromatic heterocycles. The zero-order chi connectivity index (χ0) is 23.0. The van der Waals surface area contributed by atoms with E-state index in [1.165, 1.54) is 22.9 Å². The van der Waals surface area contributed by atoms with Crippen LogP contribution >= 0.6 is 11.8 Å². The minimum atomic E-state index is -0.175. The van der Waals surface area contributed by atoms with Crippen LogP contribution in [0.3, 0.4) is 0 Å². The maximum absolute atomic E-state index is 12.4. The normalized spacial score (nSPS) is 11.2. The highest BCUT2D eigenvalue weighted by Crippen LogP contribution is 2.19. The van der Waals surface area contributed by atoms with E-state index in [0.29, 0.717) is 6.61 Å². The molecule has 0 aliphatic rings. The van der Waals surface area contributed by atoms with Crippen LogP contribution in [0.15, 0.2) is 83.1 Å². The van der Waals surface area contributed by atoms with Crippen molar-refractivity contribution in [1.82, 2.24) is 10.4 Å². The van der Waals surface area contributed by atoms with E-state index in [0.717, 1.165) is 34.0 Å². The Labute approximate surface area is 197 Å². The van der Waals surface area contributed by atoms with Gasteiger partial charge in [0.05, 0.1) is 18.6 Å². The number of aryl methyl sites for hydroxylation is 1. The summed E-state index contributed by atoms with van der Waals surface area (Å²) in [6.45, 7) is 5.31. The van der Waals surface area contributed by atoms with Crippen molar-refractivity contribution in [1.29, 1.82) is 0 Å². The van der Waals surface area contributed by atoms with E-state index in [2.05, 4.69) is 57.3 Å². The van der Waals surface area contributed by atoms with Gasteiger partial charge < -0.3 is 4.74 Å². The molecule has 0 atom stereocenters. The number of aromatic amines is 1. The van der Waals surface area contributed by atoms with Gasteiger partial charge >= 0.3 is 5.16 Å². The van der Waals surface area contributed by atoms with E-state index >= 15 is 0 Å². The molecule has 0 bridgehead atoms. The number of H-pyrrole nitrogens is 1. The van der Waals surface area contributed by atoms with Crippen molar-refractivity contribution in [3.8, 4) is 5.75 Å². The van der Waals surface area contributed by atoms with Crippen molar-refractivity contribution in [3.05, 3.63) is 89.5 Å². The highest BCUT2D eigenvalue weighted by Gasteiger charge is 2.20. The molecular formula is C26H27N4O2S+. The number of hydrogen-bond acceptors (Lipinski definition) is 4. The van der Waals surface area contributed by atoms with Crippen molar-refractivity contribution >= 4 is 34.9 Å². The molecule has 2 N–H and O–H groups in total. The molecule has 0 saturated heterocycles. The molecule has 1 heterocycles. The summed E-state index contributed by atoms with van der Waals surface area (Å²) in [4.78, 5) is 15.9. The number of para-hydroxylation sites is 3. The SMILES string of the molecule is CCOc1ccccc1C=NNC(=O)CSc1[nH]c2ccccc2[n+]1Cc1ccc(C)cc1. The standard InChI is InChI=1S/C26H26N4O2S/c1-3-32-24-11-7-4-8-21(24)16-27-29-25(31)18-33-26-28-22-9-5-6-10-23(22)30(26)17-20-14-12-19(2)13-15-20/h4-16H,3,17-18H2,1-2H3,(H,29,31)/p+1. The van der Waals surface area contributed by atoms with Gasteiger partial charge in [-0.2, -0.15) is 5.10 Å². The average Bonchev–Trinajstić information content (AvgIpc) is 3.18. The summed E-state index contributed by atoms with van der Waals surface area (Å²) in [5.41, 5.74) is 8.01. The van der Waals surface area contributed by atoms with Crippen LogP contribution in [-0.2, 0) is 11.3 Å². The largest absolute Gasteiger partial charge is 0.493 e. The number of rotatable bonds is 9. The van der Waals surface area contributed by atoms with Crippen LogP contribution in [0, 0.1) is 6.92 Å². The Balaban J connectivity index is 1.43. The van der Waals surface area contributed by atoms with Gasteiger partial charge in [0.15, 0.2) is 11.0 Å². The molecule has 168 valence electrons. The van der Waals surface area contributed by atoms with Crippen molar-refractivity contribution in [2.45, 2.75) is 25.5 Å². The van der Waals surface area contributed by atoms with Crippen LogP contribution in [0.2, 0.25) is 0 Å². The third-order valence-corrected chi connectivity index (χ3v) is 6.10. The molecule has 4 aromatic rings. The number of ether oxygens (including phenoxy) is 1. The number of nitrogens with zero attached hydrogens (tertiary/aromatic N) is 2. The molecule has 0 unspecified atom stereocenters. The number of thioether (sulfide) groups is 1. The lowest BCUT2D eigenvalue weighted by molar-refractivity contribution is -0.700. The topological polar surface area (TPSA) is 70.4 Å². The molecule has 0 spiro atoms. The Kier molecular flexibility index (Phi) is 7.42. The van der Waals surface area contributed by atoms with E-state index in [4.69, 9.17) is 4.74 Å². The molecule has 1 amide bonds. The first-order valence-electron chi connectivity index (χ1n) is 10.9. The summed E-state index contributed by atoms with van der Waals surface area (Å²) in [6.07, 6.45) is 1.61. The zero-order valence-electron chi connectivity index (χ0n) is 18.7. The number of benzene rings is 3. The monoisotopic (exact) mass is 459 g/mol. The summed E-state index contributed by atoms with van der Waals surface area (Å²) in [5.74, 6) is 0.804. The second-order valence-electron chi connectivity index (χ2n) is 7.57. The second kappa shape index (κ2) is 10.8. The Morgan fingerprint density at radius 1 is 1.09 bits per heavy atom. The lowest BCUT2D eigenvalue weighted by Gasteiger charge is -2.05. The zero-order valence-corrected chi connectivity index (χ0v) is 19.6. The van der Waals surface area contributed by atoms with Crippen LogP contribution < -0.4 is 14.7 Å². The van der Waals surface area contributed by atoms with Crippen LogP contribution in [0.4, 0.5) is 0 Å². The third-order valence-electron chi connectivity index (χ3n) is 5.09. The number of carbonyl (C=O) groups is 1. The van der Waals surface area contributed by atoms with Crippen molar-refractivity contribution in [2.75, 3.05) is 12.4 Å². The summed E-state index contributed by atoms with van der Waals surface area (Å²) >= 11 is 1.46. The molecule has 3 aromatic carbocycles. The first kappa shape index (κ1) is 22.6. The third kappa shape index (κ3) is 5.81. The van der Waals surface area contributed by atoms with E-state index in [-0.39, 0.29) is 11.7 Å². The number of hydrogen-bond donors (Lipinski definition) is 2. The van der Waals surface area contributed by atoms with Crippen molar-refractivity contribution < 1.29 is 14.1 Å². The number of nitrogens with one attached hydrogen (secondary N) is 2. The maximum atomic E-state index is 12.4. The van der Waals surface area contributed by atoms with Gasteiger partial charge in [-0.3, -0.25) is 4.79 Å². The van der Waals surface area contributed by atoms with Crippen LogP contribution in [0.1, 0.15) is 23.6 Å². The smallest absolute Gasteiger partial charge is 0.317 e. The fraction of sp³-hybridized carbons (Fsp3) is 0.192. The molecule has 7 heteroatoms. The Morgan fingerprint density at radius 2 is 1.85 bits per heavy atom. The van der Waals surface area contributed by atoms with Crippen LogP contribution in [0.5, 0.6) is 5.75 Å². The molecule has 33 heavy (non-hydrogen) atoms. The van der Waals surface area contributed by atoms with Gasteiger partial charge in [0.2, 0.25) is 0 Å². The molecule has 0 saturated carbocycles. The summed E-state index contributed by atoms with van der Waals surface area (Å²) in [7, 11) is 0. The van der Waals surface area contributed by atoms with Crippen molar-refractivity contribution in [2.24, 2.45) is 5.10 Å². The van der Waals surface area contributed by atoms with E-state index in [1.54, 1.807) is 6.21 Å². The van der Waals surface area contributed by atoms with Gasteiger partial charge in [0.25, 0.3) is 5.91 Å². The van der Waals surface area contributed by atoms with Gasteiger partial charge in [-0.05, 0) is 55.4 Å². The molecule has 4 rings (SSSR count). The van der Waals surface area contributed by atoms with Gasteiger partial charge in [-0.25, -0.2) is 15.0 Å². The highest BCUT2D eigenvalue weighted by atomic mass is 32.2. The predicted octanol–water partition coefficient (Wildman–Crippen LogP) is 4.45. The molecule has 0 fully saturated rings. The second-order valence-corrected chi connectivity index (χ2v) is 8.54. The lowest BCUT2D eigenvalue weighted by Crippen LogP contribution is -2.36. The van der Waals surface area contributed by atoms with Crippen LogP contribution in [-0.4, -0.2) is 29.5 Å². The van der Waals surface area contributed by atoms with Crippen LogP contribution in [0.25, 0.3) is 11.0 Å². The number of carbonyl (C=O) groups excluding carboxylic acids is 1. The number of hydrazone groups is 1. The minimum absolute atomic E-state index is 0.175. The van der Waals surface area contributed by atoms with Gasteiger partial charge in [-0.15, -0.1) is 0 Å². The van der Waals surface area contributed by atoms with E-state index in [1.807, 2.05) is 49.4 Å². The lowest BCUT2D eigenvalue weighted by atomic mass is 10.1. The molecule has 0 aliphatic heterocycles. The fourth-order valence-corrected chi connectivity index (χ4v) is 4.30. The van der Waals surface area contributed by atoms with E-state index in [9.17, 15) is 4.79 Å². The fourth-order valence-electron chi connectivity index (χ4n) is 3.47. The summed E-state index contributed by atoms with van der Waals surface area (Å²) < 4.78 is 7.79. The Bertz CT molecular complexity index is 1270. The highest BCUT2D eigenvalue weighted by molar-refractivity contribution is 7.99. The predicted molar refractivity (Wildman–Crippen MR) is 133 cm³/mol. The quantitative estimate of drug-likeness (QED) is 0.168. The minimum Gasteiger partial charge on any atom is -0.493 e. The maximum Gasteiger partial charge on any atom is 0.317 e. The van der Waals surface area contributed by atoms with Gasteiger partial charge in [-0.1, -0.05) is 54.1 Å². The van der Waals surface area contributed by atoms with Gasteiger partial charge in [0, 0.05) is 5.56 Å². The Hall–Kier alpha value is -3.58. The number of imidazole rings is 1. The summed E-state index contributed by atoms with van der Waals surface area (Å²) in [6, 6.07) is 24.3. The van der Waals surface area contributed by atoms with Gasteiger partial charge in [0.1, 0.15) is 12.3 Å². The van der Waals surface area contributed by atoms with E-state index < -0.39 is 0 Å². The average molecular weight is 460 g/mol. The number of amides is 1.